The Balaban J connectivity index is 1.98. The van der Waals surface area contributed by atoms with Gasteiger partial charge in [0.05, 0.1) is 4.92 Å². The van der Waals surface area contributed by atoms with Gasteiger partial charge in [0.2, 0.25) is 5.91 Å². The van der Waals surface area contributed by atoms with Crippen molar-refractivity contribution in [3.05, 3.63) is 57.5 Å². The van der Waals surface area contributed by atoms with Gasteiger partial charge in [0, 0.05) is 25.3 Å². The topological polar surface area (TPSA) is 85.4 Å². The van der Waals surface area contributed by atoms with Gasteiger partial charge in [-0.15, -0.1) is 0 Å². The number of carbonyl (C=O) groups is 1. The number of hydrogen-bond acceptors (Lipinski definition) is 4. The first kappa shape index (κ1) is 15.8. The molecule has 0 aliphatic heterocycles. The summed E-state index contributed by atoms with van der Waals surface area (Å²) in [7, 11) is 0. The monoisotopic (exact) mass is 302 g/mol. The zero-order valence-electron chi connectivity index (χ0n) is 12.6. The first-order valence-electron chi connectivity index (χ1n) is 7.12. The fourth-order valence-electron chi connectivity index (χ4n) is 2.09. The predicted molar refractivity (Wildman–Crippen MR) is 82.9 cm³/mol. The molecule has 1 heterocycles. The SMILES string of the molecule is CCc1ccc(CCC(=O)Nc2ccc(C)cc2[N+](=O)[O-])o1. The van der Waals surface area contributed by atoms with Crippen LogP contribution in [0.3, 0.4) is 0 Å². The number of aryl methyl sites for hydroxylation is 3. The maximum atomic E-state index is 11.9. The standard InChI is InChI=1S/C16H18N2O4/c1-3-12-5-6-13(22-12)7-9-16(19)17-14-8-4-11(2)10-15(14)18(20)21/h4-6,8,10H,3,7,9H2,1-2H3,(H,17,19). The Hall–Kier alpha value is -2.63. The molecule has 6 nitrogen and oxygen atoms in total. The van der Waals surface area contributed by atoms with Gasteiger partial charge in [-0.3, -0.25) is 14.9 Å². The summed E-state index contributed by atoms with van der Waals surface area (Å²) >= 11 is 0. The fraction of sp³-hybridized carbons (Fsp3) is 0.312. The van der Waals surface area contributed by atoms with Gasteiger partial charge >= 0.3 is 0 Å². The Bertz CT molecular complexity index is 691. The lowest BCUT2D eigenvalue weighted by molar-refractivity contribution is -0.384. The van der Waals surface area contributed by atoms with Crippen molar-refractivity contribution in [2.24, 2.45) is 0 Å². The van der Waals surface area contributed by atoms with Crippen LogP contribution in [-0.4, -0.2) is 10.8 Å². The van der Waals surface area contributed by atoms with Crippen molar-refractivity contribution >= 4 is 17.3 Å². The van der Waals surface area contributed by atoms with Crippen LogP contribution in [0.1, 0.15) is 30.4 Å². The van der Waals surface area contributed by atoms with E-state index >= 15 is 0 Å². The molecule has 0 unspecified atom stereocenters. The number of nitro benzene ring substituents is 1. The fourth-order valence-corrected chi connectivity index (χ4v) is 2.09. The Labute approximate surface area is 128 Å². The van der Waals surface area contributed by atoms with Crippen LogP contribution in [-0.2, 0) is 17.6 Å². The summed E-state index contributed by atoms with van der Waals surface area (Å²) in [5.41, 5.74) is 0.890. The molecule has 1 N–H and O–H groups in total. The maximum absolute atomic E-state index is 11.9. The van der Waals surface area contributed by atoms with Crippen LogP contribution in [0.25, 0.3) is 0 Å². The number of anilines is 1. The highest BCUT2D eigenvalue weighted by atomic mass is 16.6. The lowest BCUT2D eigenvalue weighted by Crippen LogP contribution is -2.13. The van der Waals surface area contributed by atoms with Crippen LogP contribution >= 0.6 is 0 Å². The summed E-state index contributed by atoms with van der Waals surface area (Å²) in [4.78, 5) is 22.5. The third-order valence-electron chi connectivity index (χ3n) is 3.29. The minimum atomic E-state index is -0.497. The molecule has 0 atom stereocenters. The van der Waals surface area contributed by atoms with Gasteiger partial charge in [-0.25, -0.2) is 0 Å². The van der Waals surface area contributed by atoms with E-state index in [9.17, 15) is 14.9 Å². The molecule has 1 amide bonds. The number of nitrogens with zero attached hydrogens (tertiary/aromatic N) is 1. The number of furan rings is 1. The Morgan fingerprint density at radius 2 is 2.00 bits per heavy atom. The second-order valence-electron chi connectivity index (χ2n) is 5.05. The minimum Gasteiger partial charge on any atom is -0.466 e. The first-order chi connectivity index (χ1) is 10.5. The molecule has 116 valence electrons. The summed E-state index contributed by atoms with van der Waals surface area (Å²) < 4.78 is 5.52. The van der Waals surface area contributed by atoms with Crippen LogP contribution in [0.5, 0.6) is 0 Å². The average molecular weight is 302 g/mol. The third kappa shape index (κ3) is 3.94. The van der Waals surface area contributed by atoms with E-state index in [1.54, 1.807) is 19.1 Å². The summed E-state index contributed by atoms with van der Waals surface area (Å²) in [6, 6.07) is 8.45. The Morgan fingerprint density at radius 3 is 2.64 bits per heavy atom. The summed E-state index contributed by atoms with van der Waals surface area (Å²) in [6.45, 7) is 3.76. The van der Waals surface area contributed by atoms with Gasteiger partial charge < -0.3 is 9.73 Å². The van der Waals surface area contributed by atoms with Gasteiger partial charge in [0.1, 0.15) is 17.2 Å². The first-order valence-corrected chi connectivity index (χ1v) is 7.12. The molecular weight excluding hydrogens is 284 g/mol. The van der Waals surface area contributed by atoms with Crippen molar-refractivity contribution in [3.8, 4) is 0 Å². The summed E-state index contributed by atoms with van der Waals surface area (Å²) in [5, 5.41) is 13.6. The Kier molecular flexibility index (Phi) is 4.93. The van der Waals surface area contributed by atoms with Crippen LogP contribution < -0.4 is 5.32 Å². The van der Waals surface area contributed by atoms with Crippen LogP contribution in [0.2, 0.25) is 0 Å². The molecule has 0 radical (unpaired) electrons. The molecule has 1 aromatic carbocycles. The molecule has 2 aromatic rings. The van der Waals surface area contributed by atoms with Crippen molar-refractivity contribution in [1.29, 1.82) is 0 Å². The van der Waals surface area contributed by atoms with Crippen molar-refractivity contribution in [1.82, 2.24) is 0 Å². The van der Waals surface area contributed by atoms with E-state index in [1.165, 1.54) is 6.07 Å². The number of carbonyl (C=O) groups excluding carboxylic acids is 1. The molecule has 0 spiro atoms. The van der Waals surface area contributed by atoms with Gasteiger partial charge in [0.25, 0.3) is 5.69 Å². The molecule has 0 aliphatic carbocycles. The molecular formula is C16H18N2O4. The van der Waals surface area contributed by atoms with Crippen molar-refractivity contribution in [2.75, 3.05) is 5.32 Å². The van der Waals surface area contributed by atoms with E-state index in [0.29, 0.717) is 6.42 Å². The van der Waals surface area contributed by atoms with Gasteiger partial charge in [-0.05, 0) is 30.7 Å². The van der Waals surface area contributed by atoms with Crippen LogP contribution in [0.15, 0.2) is 34.7 Å². The van der Waals surface area contributed by atoms with Crippen molar-refractivity contribution in [2.45, 2.75) is 33.1 Å². The lowest BCUT2D eigenvalue weighted by Gasteiger charge is -2.06. The zero-order valence-corrected chi connectivity index (χ0v) is 12.6. The molecule has 0 aliphatic rings. The number of benzene rings is 1. The molecule has 22 heavy (non-hydrogen) atoms. The average Bonchev–Trinajstić information content (AvgIpc) is 2.95. The van der Waals surface area contributed by atoms with E-state index in [1.807, 2.05) is 19.1 Å². The van der Waals surface area contributed by atoms with E-state index in [-0.39, 0.29) is 23.7 Å². The predicted octanol–water partition coefficient (Wildman–Crippen LogP) is 3.63. The summed E-state index contributed by atoms with van der Waals surface area (Å²) in [6.07, 6.45) is 1.48. The number of nitro groups is 1. The van der Waals surface area contributed by atoms with E-state index in [2.05, 4.69) is 5.32 Å². The lowest BCUT2D eigenvalue weighted by atomic mass is 10.2. The highest BCUT2D eigenvalue weighted by molar-refractivity contribution is 5.93. The maximum Gasteiger partial charge on any atom is 0.293 e. The van der Waals surface area contributed by atoms with Crippen LogP contribution in [0, 0.1) is 17.0 Å². The molecule has 1 aromatic heterocycles. The molecule has 0 bridgehead atoms. The normalized spacial score (nSPS) is 10.5. The van der Waals surface area contributed by atoms with Gasteiger partial charge in [-0.1, -0.05) is 13.0 Å². The van der Waals surface area contributed by atoms with E-state index in [0.717, 1.165) is 23.5 Å². The number of nitrogens with one attached hydrogen (secondary N) is 1. The third-order valence-corrected chi connectivity index (χ3v) is 3.29. The van der Waals surface area contributed by atoms with Crippen molar-refractivity contribution < 1.29 is 14.1 Å². The smallest absolute Gasteiger partial charge is 0.293 e. The quantitative estimate of drug-likeness (QED) is 0.652. The van der Waals surface area contributed by atoms with E-state index < -0.39 is 4.92 Å². The zero-order chi connectivity index (χ0) is 16.1. The van der Waals surface area contributed by atoms with Gasteiger partial charge in [-0.2, -0.15) is 0 Å². The minimum absolute atomic E-state index is 0.0976. The molecule has 0 fully saturated rings. The number of amides is 1. The number of rotatable bonds is 6. The molecule has 0 saturated heterocycles. The van der Waals surface area contributed by atoms with Gasteiger partial charge in [0.15, 0.2) is 0 Å². The second-order valence-corrected chi connectivity index (χ2v) is 5.05. The molecule has 2 rings (SSSR count). The van der Waals surface area contributed by atoms with E-state index in [4.69, 9.17) is 4.42 Å². The summed E-state index contributed by atoms with van der Waals surface area (Å²) in [5.74, 6) is 1.34. The Morgan fingerprint density at radius 1 is 1.27 bits per heavy atom. The largest absolute Gasteiger partial charge is 0.466 e. The highest BCUT2D eigenvalue weighted by Gasteiger charge is 2.16. The highest BCUT2D eigenvalue weighted by Crippen LogP contribution is 2.25. The van der Waals surface area contributed by atoms with Crippen molar-refractivity contribution in [3.63, 3.8) is 0 Å². The van der Waals surface area contributed by atoms with Crippen LogP contribution in [0.4, 0.5) is 11.4 Å². The molecule has 0 saturated carbocycles. The second kappa shape index (κ2) is 6.89. The molecule has 6 heteroatoms. The number of hydrogen-bond donors (Lipinski definition) is 1.